The van der Waals surface area contributed by atoms with Gasteiger partial charge in [-0.1, -0.05) is 0 Å². The number of hydrogen-bond donors (Lipinski definition) is 3. The first kappa shape index (κ1) is 33.1. The van der Waals surface area contributed by atoms with Crippen molar-refractivity contribution in [3.05, 3.63) is 84.7 Å². The normalized spacial score (nSPS) is 13.7. The highest BCUT2D eigenvalue weighted by Crippen LogP contribution is 2.28. The van der Waals surface area contributed by atoms with Crippen molar-refractivity contribution in [3.8, 4) is 22.8 Å². The van der Waals surface area contributed by atoms with Gasteiger partial charge in [-0.2, -0.15) is 0 Å². The van der Waals surface area contributed by atoms with E-state index in [1.54, 1.807) is 42.5 Å². The quantitative estimate of drug-likeness (QED) is 0.193. The Kier molecular flexibility index (Phi) is 11.2. The third-order valence-electron chi connectivity index (χ3n) is 7.05. The van der Waals surface area contributed by atoms with Crippen LogP contribution >= 0.6 is 0 Å². The van der Waals surface area contributed by atoms with E-state index < -0.39 is 21.7 Å². The van der Waals surface area contributed by atoms with Crippen LogP contribution in [0.4, 0.5) is 26.0 Å². The van der Waals surface area contributed by atoms with Gasteiger partial charge in [0.15, 0.2) is 23.1 Å². The van der Waals surface area contributed by atoms with Gasteiger partial charge in [-0.3, -0.25) is 9.52 Å². The van der Waals surface area contributed by atoms with Crippen molar-refractivity contribution >= 4 is 33.7 Å². The molecule has 0 bridgehead atoms. The number of methoxy groups -OCH3 is 1. The maximum Gasteiger partial charge on any atom is 0.290 e. The molecule has 0 amide bonds. The molecule has 0 spiro atoms. The van der Waals surface area contributed by atoms with E-state index in [0.29, 0.717) is 35.3 Å². The van der Waals surface area contributed by atoms with Crippen molar-refractivity contribution in [2.75, 3.05) is 43.9 Å². The SMILES string of the molecule is COc1ccc(S(=O)(=O)Nc2ccc(Nc3cc(-c4ccc(OCC5CCN(C)CC5)c(F)c4)ncn3)cc2)cc1F.O=CO. The van der Waals surface area contributed by atoms with Crippen LogP contribution in [0.3, 0.4) is 0 Å². The minimum absolute atomic E-state index is 0.0493. The number of rotatable bonds is 10. The smallest absolute Gasteiger partial charge is 0.290 e. The second-order valence-corrected chi connectivity index (χ2v) is 11.9. The Morgan fingerprint density at radius 1 is 0.956 bits per heavy atom. The van der Waals surface area contributed by atoms with Crippen molar-refractivity contribution in [1.82, 2.24) is 14.9 Å². The van der Waals surface area contributed by atoms with Gasteiger partial charge in [-0.15, -0.1) is 0 Å². The van der Waals surface area contributed by atoms with E-state index in [-0.39, 0.29) is 28.6 Å². The van der Waals surface area contributed by atoms with E-state index in [4.69, 9.17) is 19.4 Å². The largest absolute Gasteiger partial charge is 0.494 e. The number of ether oxygens (including phenoxy) is 2. The summed E-state index contributed by atoms with van der Waals surface area (Å²) >= 11 is 0. The molecule has 1 aliphatic rings. The van der Waals surface area contributed by atoms with Crippen LogP contribution in [0.25, 0.3) is 11.3 Å². The molecule has 4 aromatic rings. The summed E-state index contributed by atoms with van der Waals surface area (Å²) < 4.78 is 67.2. The van der Waals surface area contributed by atoms with Crippen LogP contribution in [-0.4, -0.2) is 68.7 Å². The van der Waals surface area contributed by atoms with E-state index in [9.17, 15) is 17.2 Å². The molecule has 2 heterocycles. The summed E-state index contributed by atoms with van der Waals surface area (Å²) in [5, 5.41) is 10.0. The van der Waals surface area contributed by atoms with Gasteiger partial charge in [0.25, 0.3) is 16.5 Å². The average molecular weight is 642 g/mol. The second-order valence-electron chi connectivity index (χ2n) is 10.2. The lowest BCUT2D eigenvalue weighted by Crippen LogP contribution is -2.32. The van der Waals surface area contributed by atoms with E-state index in [1.807, 2.05) is 0 Å². The minimum atomic E-state index is -4.02. The minimum Gasteiger partial charge on any atom is -0.494 e. The summed E-state index contributed by atoms with van der Waals surface area (Å²) in [6, 6.07) is 16.3. The zero-order valence-corrected chi connectivity index (χ0v) is 25.4. The molecule has 11 nitrogen and oxygen atoms in total. The summed E-state index contributed by atoms with van der Waals surface area (Å²) in [5.41, 5.74) is 2.00. The van der Waals surface area contributed by atoms with Crippen LogP contribution in [0.1, 0.15) is 12.8 Å². The predicted molar refractivity (Wildman–Crippen MR) is 165 cm³/mol. The van der Waals surface area contributed by atoms with E-state index in [2.05, 4.69) is 32.0 Å². The molecule has 238 valence electrons. The highest BCUT2D eigenvalue weighted by Gasteiger charge is 2.19. The van der Waals surface area contributed by atoms with Crippen molar-refractivity contribution in [2.45, 2.75) is 17.7 Å². The number of carbonyl (C=O) groups is 1. The number of anilines is 3. The molecule has 1 aliphatic heterocycles. The molecule has 5 rings (SSSR count). The molecule has 0 radical (unpaired) electrons. The second kappa shape index (κ2) is 15.3. The third kappa shape index (κ3) is 9.09. The van der Waals surface area contributed by atoms with Crippen LogP contribution in [0.2, 0.25) is 0 Å². The molecule has 0 atom stereocenters. The summed E-state index contributed by atoms with van der Waals surface area (Å²) in [6.45, 7) is 2.29. The number of nitrogens with zero attached hydrogens (tertiary/aromatic N) is 3. The monoisotopic (exact) mass is 641 g/mol. The summed E-state index contributed by atoms with van der Waals surface area (Å²) in [5.74, 6) is -0.180. The molecule has 0 saturated carbocycles. The standard InChI is InChI=1S/C30H31F2N5O4S.CH2O2/c1-37-13-11-20(12-14-37)18-41-29-9-3-21(15-25(29)31)27-17-30(34-19-33-27)35-22-4-6-23(7-5-22)36-42(38,39)24-8-10-28(40-2)26(32)16-24;2-1-3/h3-10,15-17,19-20,36H,11-14,18H2,1-2H3,(H,33,34,35);1H,(H,2,3). The molecule has 3 aromatic carbocycles. The molecule has 45 heavy (non-hydrogen) atoms. The maximum absolute atomic E-state index is 14.9. The topological polar surface area (TPSA) is 143 Å². The lowest BCUT2D eigenvalue weighted by atomic mass is 9.98. The fourth-order valence-corrected chi connectivity index (χ4v) is 5.66. The number of likely N-dealkylation sites (tertiary alicyclic amines) is 1. The Balaban J connectivity index is 0.00000148. The van der Waals surface area contributed by atoms with Crippen LogP contribution in [-0.2, 0) is 14.8 Å². The maximum atomic E-state index is 14.9. The fraction of sp³-hybridized carbons (Fsp3) is 0.258. The first-order valence-electron chi connectivity index (χ1n) is 13.9. The lowest BCUT2D eigenvalue weighted by molar-refractivity contribution is -0.122. The van der Waals surface area contributed by atoms with Gasteiger partial charge in [0.2, 0.25) is 0 Å². The average Bonchev–Trinajstić information content (AvgIpc) is 3.02. The van der Waals surface area contributed by atoms with Crippen LogP contribution < -0.4 is 19.5 Å². The Labute approximate surface area is 259 Å². The van der Waals surface area contributed by atoms with Gasteiger partial charge in [0.1, 0.15) is 12.1 Å². The van der Waals surface area contributed by atoms with Gasteiger partial charge in [0.05, 0.1) is 24.3 Å². The molecular formula is C31H33F2N5O6S. The fourth-order valence-electron chi connectivity index (χ4n) is 4.59. The third-order valence-corrected chi connectivity index (χ3v) is 8.43. The van der Waals surface area contributed by atoms with Gasteiger partial charge >= 0.3 is 0 Å². The molecule has 0 unspecified atom stereocenters. The number of nitrogens with one attached hydrogen (secondary N) is 2. The van der Waals surface area contributed by atoms with Gasteiger partial charge in [0, 0.05) is 23.0 Å². The predicted octanol–water partition coefficient (Wildman–Crippen LogP) is 5.40. The number of hydrogen-bond acceptors (Lipinski definition) is 9. The zero-order valence-electron chi connectivity index (χ0n) is 24.6. The Morgan fingerprint density at radius 2 is 1.60 bits per heavy atom. The molecule has 14 heteroatoms. The van der Waals surface area contributed by atoms with Gasteiger partial charge < -0.3 is 24.8 Å². The molecule has 1 saturated heterocycles. The Morgan fingerprint density at radius 3 is 2.24 bits per heavy atom. The molecule has 1 fully saturated rings. The van der Waals surface area contributed by atoms with Crippen molar-refractivity contribution in [2.24, 2.45) is 5.92 Å². The van der Waals surface area contributed by atoms with Crippen molar-refractivity contribution < 1.29 is 36.6 Å². The summed E-state index contributed by atoms with van der Waals surface area (Å²) in [7, 11) is -0.616. The Hall–Kier alpha value is -4.82. The van der Waals surface area contributed by atoms with E-state index >= 15 is 0 Å². The van der Waals surface area contributed by atoms with Crippen LogP contribution in [0.15, 0.2) is 78.0 Å². The van der Waals surface area contributed by atoms with Gasteiger partial charge in [-0.25, -0.2) is 27.2 Å². The van der Waals surface area contributed by atoms with Crippen molar-refractivity contribution in [3.63, 3.8) is 0 Å². The Bertz CT molecular complexity index is 1700. The van der Waals surface area contributed by atoms with Crippen LogP contribution in [0.5, 0.6) is 11.5 Å². The summed E-state index contributed by atoms with van der Waals surface area (Å²) in [6.07, 6.45) is 3.45. The molecule has 0 aliphatic carbocycles. The number of halogens is 2. The van der Waals surface area contributed by atoms with Crippen molar-refractivity contribution in [1.29, 1.82) is 0 Å². The van der Waals surface area contributed by atoms with E-state index in [1.165, 1.54) is 31.6 Å². The molecular weight excluding hydrogens is 608 g/mol. The number of benzene rings is 3. The number of sulfonamides is 1. The first-order chi connectivity index (χ1) is 21.6. The molecule has 3 N–H and O–H groups in total. The zero-order chi connectivity index (χ0) is 32.4. The highest BCUT2D eigenvalue weighted by molar-refractivity contribution is 7.92. The number of carboxylic acid groups (broad SMARTS) is 1. The molecule has 1 aromatic heterocycles. The van der Waals surface area contributed by atoms with Crippen LogP contribution in [0, 0.1) is 17.6 Å². The number of aromatic nitrogens is 2. The number of piperidine rings is 1. The van der Waals surface area contributed by atoms with E-state index in [0.717, 1.165) is 32.0 Å². The first-order valence-corrected chi connectivity index (χ1v) is 15.3. The van der Waals surface area contributed by atoms with Gasteiger partial charge in [-0.05, 0) is 99.6 Å². The highest BCUT2D eigenvalue weighted by atomic mass is 32.2. The lowest BCUT2D eigenvalue weighted by Gasteiger charge is -2.28. The summed E-state index contributed by atoms with van der Waals surface area (Å²) in [4.78, 5) is 18.9.